The van der Waals surface area contributed by atoms with Crippen molar-refractivity contribution in [3.05, 3.63) is 34.6 Å². The third kappa shape index (κ3) is 1.96. The van der Waals surface area contributed by atoms with E-state index in [0.717, 1.165) is 5.56 Å². The first-order chi connectivity index (χ1) is 5.65. The van der Waals surface area contributed by atoms with Gasteiger partial charge in [-0.05, 0) is 31.7 Å². The van der Waals surface area contributed by atoms with E-state index in [1.807, 2.05) is 14.0 Å². The SMILES string of the molecule is CN[C@H](C)c1ccc(F)cc1Cl. The number of rotatable bonds is 2. The van der Waals surface area contributed by atoms with E-state index in [4.69, 9.17) is 11.6 Å². The lowest BCUT2D eigenvalue weighted by molar-refractivity contribution is 0.619. The van der Waals surface area contributed by atoms with Gasteiger partial charge in [0.2, 0.25) is 0 Å². The molecule has 1 rings (SSSR count). The molecule has 0 radical (unpaired) electrons. The molecular weight excluding hydrogens is 177 g/mol. The third-order valence-corrected chi connectivity index (χ3v) is 2.19. The standard InChI is InChI=1S/C9H11ClFN/c1-6(12-2)8-4-3-7(11)5-9(8)10/h3-6,12H,1-2H3/t6-/m1/s1. The fraction of sp³-hybridized carbons (Fsp3) is 0.333. The van der Waals surface area contributed by atoms with Crippen LogP contribution in [0, 0.1) is 5.82 Å². The smallest absolute Gasteiger partial charge is 0.124 e. The monoisotopic (exact) mass is 187 g/mol. The lowest BCUT2D eigenvalue weighted by Crippen LogP contribution is -2.12. The van der Waals surface area contributed by atoms with Gasteiger partial charge in [0.25, 0.3) is 0 Å². The van der Waals surface area contributed by atoms with Crippen LogP contribution in [0.1, 0.15) is 18.5 Å². The molecule has 1 N–H and O–H groups in total. The Bertz CT molecular complexity index is 275. The Morgan fingerprint density at radius 2 is 2.17 bits per heavy atom. The molecule has 66 valence electrons. The van der Waals surface area contributed by atoms with Crippen LogP contribution in [0.25, 0.3) is 0 Å². The summed E-state index contributed by atoms with van der Waals surface area (Å²) >= 11 is 5.82. The fourth-order valence-electron chi connectivity index (χ4n) is 1.01. The molecule has 0 aromatic heterocycles. The first kappa shape index (κ1) is 9.49. The third-order valence-electron chi connectivity index (χ3n) is 1.86. The lowest BCUT2D eigenvalue weighted by Gasteiger charge is -2.11. The topological polar surface area (TPSA) is 12.0 Å². The van der Waals surface area contributed by atoms with Gasteiger partial charge in [0.15, 0.2) is 0 Å². The van der Waals surface area contributed by atoms with Crippen LogP contribution in [0.15, 0.2) is 18.2 Å². The molecule has 0 bridgehead atoms. The summed E-state index contributed by atoms with van der Waals surface area (Å²) in [7, 11) is 1.84. The molecule has 0 heterocycles. The summed E-state index contributed by atoms with van der Waals surface area (Å²) in [6, 6.07) is 4.58. The number of hydrogen-bond acceptors (Lipinski definition) is 1. The summed E-state index contributed by atoms with van der Waals surface area (Å²) in [5.74, 6) is -0.299. The number of hydrogen-bond donors (Lipinski definition) is 1. The Labute approximate surface area is 76.5 Å². The minimum Gasteiger partial charge on any atom is -0.313 e. The van der Waals surface area contributed by atoms with Gasteiger partial charge in [0.05, 0.1) is 0 Å². The van der Waals surface area contributed by atoms with Crippen molar-refractivity contribution in [2.24, 2.45) is 0 Å². The molecule has 0 aliphatic heterocycles. The van der Waals surface area contributed by atoms with Gasteiger partial charge in [0.1, 0.15) is 5.82 Å². The zero-order valence-corrected chi connectivity index (χ0v) is 7.82. The van der Waals surface area contributed by atoms with Gasteiger partial charge in [-0.3, -0.25) is 0 Å². The molecule has 0 fully saturated rings. The summed E-state index contributed by atoms with van der Waals surface area (Å²) in [4.78, 5) is 0. The van der Waals surface area contributed by atoms with Crippen molar-refractivity contribution < 1.29 is 4.39 Å². The maximum Gasteiger partial charge on any atom is 0.124 e. The highest BCUT2D eigenvalue weighted by Crippen LogP contribution is 2.22. The molecule has 0 amide bonds. The van der Waals surface area contributed by atoms with E-state index < -0.39 is 0 Å². The molecule has 1 nitrogen and oxygen atoms in total. The molecule has 1 atom stereocenters. The van der Waals surface area contributed by atoms with Crippen molar-refractivity contribution in [3.8, 4) is 0 Å². The van der Waals surface area contributed by atoms with Gasteiger partial charge in [-0.2, -0.15) is 0 Å². The number of halogens is 2. The first-order valence-electron chi connectivity index (χ1n) is 3.77. The molecule has 3 heteroatoms. The van der Waals surface area contributed by atoms with Crippen molar-refractivity contribution in [1.29, 1.82) is 0 Å². The Morgan fingerprint density at radius 3 is 2.67 bits per heavy atom. The van der Waals surface area contributed by atoms with Crippen molar-refractivity contribution in [2.75, 3.05) is 7.05 Å². The Hall–Kier alpha value is -0.600. The van der Waals surface area contributed by atoms with Crippen molar-refractivity contribution >= 4 is 11.6 Å². The molecule has 0 spiro atoms. The largest absolute Gasteiger partial charge is 0.313 e. The van der Waals surface area contributed by atoms with Crippen LogP contribution in [0.3, 0.4) is 0 Å². The van der Waals surface area contributed by atoms with E-state index in [9.17, 15) is 4.39 Å². The summed E-state index contributed by atoms with van der Waals surface area (Å²) in [6.45, 7) is 1.97. The zero-order valence-electron chi connectivity index (χ0n) is 7.07. The molecule has 1 aromatic rings. The highest BCUT2D eigenvalue weighted by atomic mass is 35.5. The first-order valence-corrected chi connectivity index (χ1v) is 4.15. The summed E-state index contributed by atoms with van der Waals surface area (Å²) in [5, 5.41) is 3.50. The minimum atomic E-state index is -0.299. The second-order valence-electron chi connectivity index (χ2n) is 2.68. The molecule has 0 saturated heterocycles. The van der Waals surface area contributed by atoms with Crippen LogP contribution in [-0.2, 0) is 0 Å². The van der Waals surface area contributed by atoms with Crippen LogP contribution < -0.4 is 5.32 Å². The van der Waals surface area contributed by atoms with E-state index >= 15 is 0 Å². The summed E-state index contributed by atoms with van der Waals surface area (Å²) in [6.07, 6.45) is 0. The average Bonchev–Trinajstić information content (AvgIpc) is 2.03. The van der Waals surface area contributed by atoms with Crippen LogP contribution in [0.2, 0.25) is 5.02 Å². The van der Waals surface area contributed by atoms with Gasteiger partial charge in [-0.1, -0.05) is 17.7 Å². The number of nitrogens with one attached hydrogen (secondary N) is 1. The predicted octanol–water partition coefficient (Wildman–Crippen LogP) is 2.76. The Morgan fingerprint density at radius 1 is 1.50 bits per heavy atom. The normalized spacial score (nSPS) is 13.0. The van der Waals surface area contributed by atoms with Crippen LogP contribution in [0.5, 0.6) is 0 Å². The molecule has 1 aromatic carbocycles. The predicted molar refractivity (Wildman–Crippen MR) is 48.9 cm³/mol. The quantitative estimate of drug-likeness (QED) is 0.751. The average molecular weight is 188 g/mol. The molecule has 12 heavy (non-hydrogen) atoms. The van der Waals surface area contributed by atoms with E-state index in [-0.39, 0.29) is 11.9 Å². The molecule has 0 aliphatic rings. The van der Waals surface area contributed by atoms with Gasteiger partial charge in [-0.15, -0.1) is 0 Å². The second kappa shape index (κ2) is 3.87. The number of benzene rings is 1. The minimum absolute atomic E-state index is 0.151. The van der Waals surface area contributed by atoms with E-state index in [1.165, 1.54) is 12.1 Å². The molecule has 0 aliphatic carbocycles. The van der Waals surface area contributed by atoms with Gasteiger partial charge in [0, 0.05) is 11.1 Å². The van der Waals surface area contributed by atoms with Crippen LogP contribution in [-0.4, -0.2) is 7.05 Å². The van der Waals surface area contributed by atoms with E-state index in [1.54, 1.807) is 6.07 Å². The second-order valence-corrected chi connectivity index (χ2v) is 3.08. The maximum atomic E-state index is 12.6. The zero-order chi connectivity index (χ0) is 9.14. The highest BCUT2D eigenvalue weighted by Gasteiger charge is 2.07. The Kier molecular flexibility index (Phi) is 3.06. The van der Waals surface area contributed by atoms with Gasteiger partial charge >= 0.3 is 0 Å². The van der Waals surface area contributed by atoms with Crippen LogP contribution in [0.4, 0.5) is 4.39 Å². The van der Waals surface area contributed by atoms with Crippen LogP contribution >= 0.6 is 11.6 Å². The maximum absolute atomic E-state index is 12.6. The van der Waals surface area contributed by atoms with Gasteiger partial charge < -0.3 is 5.32 Å². The molecule has 0 saturated carbocycles. The van der Waals surface area contributed by atoms with Crippen molar-refractivity contribution in [2.45, 2.75) is 13.0 Å². The van der Waals surface area contributed by atoms with Gasteiger partial charge in [-0.25, -0.2) is 4.39 Å². The van der Waals surface area contributed by atoms with E-state index in [0.29, 0.717) is 5.02 Å². The molecule has 0 unspecified atom stereocenters. The summed E-state index contributed by atoms with van der Waals surface area (Å²) < 4.78 is 12.6. The fourth-order valence-corrected chi connectivity index (χ4v) is 1.34. The lowest BCUT2D eigenvalue weighted by atomic mass is 10.1. The molecular formula is C9H11ClFN. The summed E-state index contributed by atoms with van der Waals surface area (Å²) in [5.41, 5.74) is 0.917. The van der Waals surface area contributed by atoms with Crippen molar-refractivity contribution in [3.63, 3.8) is 0 Å². The highest BCUT2D eigenvalue weighted by molar-refractivity contribution is 6.31. The van der Waals surface area contributed by atoms with Crippen molar-refractivity contribution in [1.82, 2.24) is 5.32 Å². The van der Waals surface area contributed by atoms with E-state index in [2.05, 4.69) is 5.32 Å². The Balaban J connectivity index is 3.01.